The van der Waals surface area contributed by atoms with Crippen molar-refractivity contribution in [2.45, 2.75) is 13.0 Å². The molecule has 0 aliphatic carbocycles. The fourth-order valence-electron chi connectivity index (χ4n) is 3.04. The van der Waals surface area contributed by atoms with Gasteiger partial charge in [-0.05, 0) is 41.3 Å². The number of nitrogens with one attached hydrogen (secondary N) is 1. The normalized spacial score (nSPS) is 12.5. The average Bonchev–Trinajstić information content (AvgIpc) is 3.09. The maximum absolute atomic E-state index is 6.08. The van der Waals surface area contributed by atoms with Crippen LogP contribution in [0.15, 0.2) is 72.8 Å². The molecule has 3 aromatic rings. The zero-order chi connectivity index (χ0) is 15.5. The second-order valence-corrected chi connectivity index (χ2v) is 5.82. The predicted octanol–water partition coefficient (Wildman–Crippen LogP) is 4.90. The monoisotopic (exact) mass is 301 g/mol. The van der Waals surface area contributed by atoms with E-state index in [1.165, 1.54) is 22.4 Å². The van der Waals surface area contributed by atoms with Crippen molar-refractivity contribution in [1.29, 1.82) is 0 Å². The minimum Gasteiger partial charge on any atom is -0.488 e. The standard InChI is InChI=1S/C21H19NO/c1-2-6-16(7-3-1)15-23-21-9-5-4-8-19(21)17-10-11-20-18(14-17)12-13-22-20/h1-11,14,22H,12-13,15H2. The van der Waals surface area contributed by atoms with Crippen molar-refractivity contribution in [3.05, 3.63) is 83.9 Å². The van der Waals surface area contributed by atoms with Gasteiger partial charge in [0.15, 0.2) is 0 Å². The fourth-order valence-corrected chi connectivity index (χ4v) is 3.04. The van der Waals surface area contributed by atoms with Crippen LogP contribution in [0.3, 0.4) is 0 Å². The van der Waals surface area contributed by atoms with Crippen molar-refractivity contribution >= 4 is 5.69 Å². The van der Waals surface area contributed by atoms with E-state index in [1.807, 2.05) is 30.3 Å². The summed E-state index contributed by atoms with van der Waals surface area (Å²) >= 11 is 0. The van der Waals surface area contributed by atoms with Crippen LogP contribution >= 0.6 is 0 Å². The van der Waals surface area contributed by atoms with E-state index in [4.69, 9.17) is 4.74 Å². The number of rotatable bonds is 4. The molecule has 4 rings (SSSR count). The summed E-state index contributed by atoms with van der Waals surface area (Å²) in [7, 11) is 0. The molecule has 0 spiro atoms. The minimum atomic E-state index is 0.588. The summed E-state index contributed by atoms with van der Waals surface area (Å²) in [6, 6.07) is 25.2. The Hall–Kier alpha value is -2.74. The van der Waals surface area contributed by atoms with Gasteiger partial charge < -0.3 is 10.1 Å². The number of anilines is 1. The van der Waals surface area contributed by atoms with Crippen LogP contribution in [0, 0.1) is 0 Å². The highest BCUT2D eigenvalue weighted by Gasteiger charge is 2.12. The van der Waals surface area contributed by atoms with Crippen molar-refractivity contribution in [2.24, 2.45) is 0 Å². The maximum atomic E-state index is 6.08. The second-order valence-electron chi connectivity index (χ2n) is 5.82. The van der Waals surface area contributed by atoms with E-state index < -0.39 is 0 Å². The van der Waals surface area contributed by atoms with Gasteiger partial charge in [-0.1, -0.05) is 54.6 Å². The molecule has 2 nitrogen and oxygen atoms in total. The number of para-hydroxylation sites is 1. The third-order valence-corrected chi connectivity index (χ3v) is 4.25. The van der Waals surface area contributed by atoms with Crippen molar-refractivity contribution < 1.29 is 4.74 Å². The van der Waals surface area contributed by atoms with Crippen LogP contribution in [0.2, 0.25) is 0 Å². The summed E-state index contributed by atoms with van der Waals surface area (Å²) in [6.07, 6.45) is 1.09. The lowest BCUT2D eigenvalue weighted by Crippen LogP contribution is -1.96. The quantitative estimate of drug-likeness (QED) is 0.740. The molecule has 1 aliphatic heterocycles. The molecule has 0 bridgehead atoms. The number of hydrogen-bond acceptors (Lipinski definition) is 2. The van der Waals surface area contributed by atoms with Crippen molar-refractivity contribution in [1.82, 2.24) is 0 Å². The van der Waals surface area contributed by atoms with Crippen LogP contribution in [0.25, 0.3) is 11.1 Å². The SMILES string of the molecule is c1ccc(COc2ccccc2-c2ccc3c(c2)CCN3)cc1. The largest absolute Gasteiger partial charge is 0.488 e. The summed E-state index contributed by atoms with van der Waals surface area (Å²) in [5, 5.41) is 3.41. The Balaban J connectivity index is 1.62. The van der Waals surface area contributed by atoms with Crippen LogP contribution < -0.4 is 10.1 Å². The first-order valence-corrected chi connectivity index (χ1v) is 8.03. The Morgan fingerprint density at radius 2 is 1.70 bits per heavy atom. The summed E-state index contributed by atoms with van der Waals surface area (Å²) in [5.41, 5.74) is 6.20. The average molecular weight is 301 g/mol. The van der Waals surface area contributed by atoms with E-state index >= 15 is 0 Å². The van der Waals surface area contributed by atoms with E-state index in [0.717, 1.165) is 24.3 Å². The molecular weight excluding hydrogens is 282 g/mol. The molecule has 23 heavy (non-hydrogen) atoms. The van der Waals surface area contributed by atoms with Gasteiger partial charge in [-0.15, -0.1) is 0 Å². The Morgan fingerprint density at radius 3 is 2.61 bits per heavy atom. The Labute approximate surface area is 136 Å². The van der Waals surface area contributed by atoms with E-state index in [1.54, 1.807) is 0 Å². The van der Waals surface area contributed by atoms with Crippen LogP contribution in [-0.4, -0.2) is 6.54 Å². The first kappa shape index (κ1) is 13.9. The van der Waals surface area contributed by atoms with E-state index in [2.05, 4.69) is 47.8 Å². The summed E-state index contributed by atoms with van der Waals surface area (Å²) in [6.45, 7) is 1.62. The highest BCUT2D eigenvalue weighted by molar-refractivity contribution is 5.74. The molecule has 0 saturated heterocycles. The van der Waals surface area contributed by atoms with Crippen LogP contribution in [-0.2, 0) is 13.0 Å². The third kappa shape index (κ3) is 2.93. The van der Waals surface area contributed by atoms with Crippen molar-refractivity contribution in [3.8, 4) is 16.9 Å². The molecule has 0 saturated carbocycles. The highest BCUT2D eigenvalue weighted by Crippen LogP contribution is 2.34. The smallest absolute Gasteiger partial charge is 0.127 e. The number of benzene rings is 3. The van der Waals surface area contributed by atoms with Gasteiger partial charge in [0, 0.05) is 17.8 Å². The Kier molecular flexibility index (Phi) is 3.73. The van der Waals surface area contributed by atoms with Crippen LogP contribution in [0.4, 0.5) is 5.69 Å². The number of hydrogen-bond donors (Lipinski definition) is 1. The van der Waals surface area contributed by atoms with E-state index in [-0.39, 0.29) is 0 Å². The van der Waals surface area contributed by atoms with Crippen molar-refractivity contribution in [2.75, 3.05) is 11.9 Å². The van der Waals surface area contributed by atoms with Gasteiger partial charge in [-0.25, -0.2) is 0 Å². The molecule has 114 valence electrons. The Bertz CT molecular complexity index is 811. The lowest BCUT2D eigenvalue weighted by atomic mass is 10.0. The van der Waals surface area contributed by atoms with Crippen molar-refractivity contribution in [3.63, 3.8) is 0 Å². The van der Waals surface area contributed by atoms with E-state index in [0.29, 0.717) is 6.61 Å². The minimum absolute atomic E-state index is 0.588. The van der Waals surface area contributed by atoms with Gasteiger partial charge in [0.05, 0.1) is 0 Å². The molecule has 3 aromatic carbocycles. The lowest BCUT2D eigenvalue weighted by Gasteiger charge is -2.12. The molecule has 2 heteroatoms. The molecule has 1 aliphatic rings. The van der Waals surface area contributed by atoms with Crippen LogP contribution in [0.5, 0.6) is 5.75 Å². The molecule has 0 amide bonds. The predicted molar refractivity (Wildman–Crippen MR) is 94.8 cm³/mol. The lowest BCUT2D eigenvalue weighted by molar-refractivity contribution is 0.307. The molecule has 0 aromatic heterocycles. The maximum Gasteiger partial charge on any atom is 0.127 e. The topological polar surface area (TPSA) is 21.3 Å². The van der Waals surface area contributed by atoms with E-state index in [9.17, 15) is 0 Å². The molecule has 0 radical (unpaired) electrons. The third-order valence-electron chi connectivity index (χ3n) is 4.25. The molecule has 0 unspecified atom stereocenters. The highest BCUT2D eigenvalue weighted by atomic mass is 16.5. The van der Waals surface area contributed by atoms with Gasteiger partial charge >= 0.3 is 0 Å². The second kappa shape index (κ2) is 6.17. The van der Waals surface area contributed by atoms with Gasteiger partial charge in [-0.2, -0.15) is 0 Å². The van der Waals surface area contributed by atoms with Crippen LogP contribution in [0.1, 0.15) is 11.1 Å². The van der Waals surface area contributed by atoms with Gasteiger partial charge in [0.2, 0.25) is 0 Å². The molecule has 1 N–H and O–H groups in total. The fraction of sp³-hybridized carbons (Fsp3) is 0.143. The Morgan fingerprint density at radius 1 is 0.870 bits per heavy atom. The molecular formula is C21H19NO. The van der Waals surface area contributed by atoms with Gasteiger partial charge in [0.25, 0.3) is 0 Å². The summed E-state index contributed by atoms with van der Waals surface area (Å²) in [4.78, 5) is 0. The summed E-state index contributed by atoms with van der Waals surface area (Å²) < 4.78 is 6.08. The number of ether oxygens (including phenoxy) is 1. The first-order valence-electron chi connectivity index (χ1n) is 8.03. The molecule has 0 atom stereocenters. The first-order chi connectivity index (χ1) is 11.4. The zero-order valence-corrected chi connectivity index (χ0v) is 13.0. The summed E-state index contributed by atoms with van der Waals surface area (Å²) in [5.74, 6) is 0.933. The molecule has 1 heterocycles. The van der Waals surface area contributed by atoms with Gasteiger partial charge in [0.1, 0.15) is 12.4 Å². The number of fused-ring (bicyclic) bond motifs is 1. The van der Waals surface area contributed by atoms with Gasteiger partial charge in [-0.3, -0.25) is 0 Å². The molecule has 0 fully saturated rings. The zero-order valence-electron chi connectivity index (χ0n) is 13.0.